The maximum absolute atomic E-state index is 13.3. The molecule has 0 fully saturated rings. The molecule has 2 aromatic rings. The van der Waals surface area contributed by atoms with Crippen molar-refractivity contribution in [3.63, 3.8) is 0 Å². The van der Waals surface area contributed by atoms with E-state index in [1.165, 1.54) is 12.1 Å². The van der Waals surface area contributed by atoms with Gasteiger partial charge in [-0.25, -0.2) is 4.39 Å². The summed E-state index contributed by atoms with van der Waals surface area (Å²) in [5.74, 6) is 5.34. The molecule has 0 spiro atoms. The van der Waals surface area contributed by atoms with Gasteiger partial charge in [-0.3, -0.25) is 11.3 Å². The summed E-state index contributed by atoms with van der Waals surface area (Å²) in [7, 11) is 0. The first kappa shape index (κ1) is 15.4. The van der Waals surface area contributed by atoms with Crippen LogP contribution in [0.3, 0.4) is 0 Å². The summed E-state index contributed by atoms with van der Waals surface area (Å²) >= 11 is 9.64. The first-order valence-corrected chi connectivity index (χ1v) is 7.34. The van der Waals surface area contributed by atoms with E-state index in [4.69, 9.17) is 17.4 Å². The van der Waals surface area contributed by atoms with Crippen molar-refractivity contribution in [1.29, 1.82) is 0 Å². The van der Waals surface area contributed by atoms with Gasteiger partial charge >= 0.3 is 0 Å². The van der Waals surface area contributed by atoms with Crippen molar-refractivity contribution in [2.75, 3.05) is 0 Å². The summed E-state index contributed by atoms with van der Waals surface area (Å²) in [6.45, 7) is 2.02. The zero-order valence-electron chi connectivity index (χ0n) is 11.0. The molecule has 0 radical (unpaired) electrons. The van der Waals surface area contributed by atoms with Crippen molar-refractivity contribution in [3.8, 4) is 0 Å². The van der Waals surface area contributed by atoms with Gasteiger partial charge in [0.25, 0.3) is 0 Å². The van der Waals surface area contributed by atoms with Gasteiger partial charge in [0.05, 0.1) is 6.04 Å². The third kappa shape index (κ3) is 3.58. The van der Waals surface area contributed by atoms with E-state index in [-0.39, 0.29) is 11.9 Å². The second-order valence-corrected chi connectivity index (χ2v) is 5.95. The Morgan fingerprint density at radius 3 is 2.70 bits per heavy atom. The molecule has 0 heterocycles. The number of hydrazine groups is 1. The van der Waals surface area contributed by atoms with Crippen LogP contribution in [-0.2, 0) is 6.42 Å². The van der Waals surface area contributed by atoms with Gasteiger partial charge in [0, 0.05) is 9.50 Å². The minimum Gasteiger partial charge on any atom is -0.271 e. The number of benzene rings is 2. The van der Waals surface area contributed by atoms with E-state index in [0.29, 0.717) is 11.4 Å². The topological polar surface area (TPSA) is 38.0 Å². The maximum Gasteiger partial charge on any atom is 0.123 e. The van der Waals surface area contributed by atoms with E-state index in [0.717, 1.165) is 21.2 Å². The molecule has 2 rings (SSSR count). The standard InChI is InChI=1S/C15H15BrClFN2/c1-9-2-4-12(13(16)6-9)15(20-19)8-10-7-11(18)3-5-14(10)17/h2-7,15,20H,8,19H2,1H3. The molecule has 2 aromatic carbocycles. The molecular weight excluding hydrogens is 343 g/mol. The van der Waals surface area contributed by atoms with Crippen molar-refractivity contribution < 1.29 is 4.39 Å². The zero-order chi connectivity index (χ0) is 14.7. The predicted molar refractivity (Wildman–Crippen MR) is 84.1 cm³/mol. The third-order valence-corrected chi connectivity index (χ3v) is 4.22. The number of hydrogen-bond acceptors (Lipinski definition) is 2. The van der Waals surface area contributed by atoms with Crippen molar-refractivity contribution in [2.45, 2.75) is 19.4 Å². The summed E-state index contributed by atoms with van der Waals surface area (Å²) in [4.78, 5) is 0. The Kier molecular flexibility index (Phi) is 5.16. The van der Waals surface area contributed by atoms with E-state index in [9.17, 15) is 4.39 Å². The molecule has 5 heteroatoms. The zero-order valence-corrected chi connectivity index (χ0v) is 13.3. The average Bonchev–Trinajstić information content (AvgIpc) is 2.40. The Bertz CT molecular complexity index is 619. The van der Waals surface area contributed by atoms with Gasteiger partial charge in [0.1, 0.15) is 5.82 Å². The van der Waals surface area contributed by atoms with Crippen LogP contribution in [0.4, 0.5) is 4.39 Å². The van der Waals surface area contributed by atoms with Crippen LogP contribution >= 0.6 is 27.5 Å². The molecule has 0 aliphatic heterocycles. The predicted octanol–water partition coefficient (Wildman–Crippen LogP) is 4.30. The summed E-state index contributed by atoms with van der Waals surface area (Å²) in [6, 6.07) is 10.2. The summed E-state index contributed by atoms with van der Waals surface area (Å²) in [6.07, 6.45) is 0.509. The molecule has 1 atom stereocenters. The third-order valence-electron chi connectivity index (χ3n) is 3.16. The fraction of sp³-hybridized carbons (Fsp3) is 0.200. The lowest BCUT2D eigenvalue weighted by Crippen LogP contribution is -2.30. The van der Waals surface area contributed by atoms with Crippen LogP contribution in [0.1, 0.15) is 22.7 Å². The number of nitrogens with one attached hydrogen (secondary N) is 1. The Balaban J connectivity index is 2.31. The molecule has 0 aromatic heterocycles. The van der Waals surface area contributed by atoms with Gasteiger partial charge in [0.2, 0.25) is 0 Å². The molecule has 106 valence electrons. The first-order chi connectivity index (χ1) is 9.51. The minimum absolute atomic E-state index is 0.149. The van der Waals surface area contributed by atoms with Crippen LogP contribution in [-0.4, -0.2) is 0 Å². The van der Waals surface area contributed by atoms with Crippen molar-refractivity contribution in [2.24, 2.45) is 5.84 Å². The summed E-state index contributed by atoms with van der Waals surface area (Å²) in [5, 5.41) is 0.537. The van der Waals surface area contributed by atoms with Crippen LogP contribution < -0.4 is 11.3 Å². The Morgan fingerprint density at radius 1 is 1.30 bits per heavy atom. The lowest BCUT2D eigenvalue weighted by atomic mass is 9.98. The normalized spacial score (nSPS) is 12.4. The molecular formula is C15H15BrClFN2. The highest BCUT2D eigenvalue weighted by Crippen LogP contribution is 2.29. The van der Waals surface area contributed by atoms with Crippen molar-refractivity contribution in [1.82, 2.24) is 5.43 Å². The van der Waals surface area contributed by atoms with E-state index in [1.807, 2.05) is 25.1 Å². The highest BCUT2D eigenvalue weighted by atomic mass is 79.9. The number of nitrogens with two attached hydrogens (primary N) is 1. The van der Waals surface area contributed by atoms with Crippen LogP contribution in [0.2, 0.25) is 5.02 Å². The first-order valence-electron chi connectivity index (χ1n) is 6.17. The quantitative estimate of drug-likeness (QED) is 0.632. The molecule has 2 nitrogen and oxygen atoms in total. The summed E-state index contributed by atoms with van der Waals surface area (Å²) < 4.78 is 14.3. The summed E-state index contributed by atoms with van der Waals surface area (Å²) in [5.41, 5.74) is 5.65. The molecule has 0 aliphatic rings. The van der Waals surface area contributed by atoms with Crippen molar-refractivity contribution in [3.05, 3.63) is 68.4 Å². The van der Waals surface area contributed by atoms with Gasteiger partial charge in [-0.2, -0.15) is 0 Å². The van der Waals surface area contributed by atoms with Gasteiger partial charge in [-0.1, -0.05) is 39.7 Å². The SMILES string of the molecule is Cc1ccc(C(Cc2cc(F)ccc2Cl)NN)c(Br)c1. The highest BCUT2D eigenvalue weighted by Gasteiger charge is 2.16. The Hall–Kier alpha value is -0.940. The monoisotopic (exact) mass is 356 g/mol. The molecule has 1 unspecified atom stereocenters. The Morgan fingerprint density at radius 2 is 2.05 bits per heavy atom. The number of halogens is 3. The van der Waals surface area contributed by atoms with E-state index < -0.39 is 0 Å². The molecule has 0 amide bonds. The van der Waals surface area contributed by atoms with Crippen LogP contribution in [0.15, 0.2) is 40.9 Å². The second-order valence-electron chi connectivity index (χ2n) is 4.68. The van der Waals surface area contributed by atoms with Gasteiger partial charge in [0.15, 0.2) is 0 Å². The van der Waals surface area contributed by atoms with Gasteiger partial charge in [-0.05, 0) is 54.3 Å². The van der Waals surface area contributed by atoms with Crippen LogP contribution in [0, 0.1) is 12.7 Å². The largest absolute Gasteiger partial charge is 0.271 e. The van der Waals surface area contributed by atoms with E-state index in [2.05, 4.69) is 21.4 Å². The average molecular weight is 358 g/mol. The lowest BCUT2D eigenvalue weighted by molar-refractivity contribution is 0.546. The fourth-order valence-corrected chi connectivity index (χ4v) is 3.06. The smallest absolute Gasteiger partial charge is 0.123 e. The number of hydrogen-bond donors (Lipinski definition) is 2. The van der Waals surface area contributed by atoms with Gasteiger partial charge in [-0.15, -0.1) is 0 Å². The fourth-order valence-electron chi connectivity index (χ4n) is 2.09. The molecule has 0 saturated carbocycles. The molecule has 0 bridgehead atoms. The van der Waals surface area contributed by atoms with Gasteiger partial charge < -0.3 is 0 Å². The minimum atomic E-state index is -0.303. The molecule has 0 aliphatic carbocycles. The van der Waals surface area contributed by atoms with E-state index >= 15 is 0 Å². The lowest BCUT2D eigenvalue weighted by Gasteiger charge is -2.19. The maximum atomic E-state index is 13.3. The van der Waals surface area contributed by atoms with E-state index in [1.54, 1.807) is 6.07 Å². The molecule has 0 saturated heterocycles. The number of aryl methyl sites for hydroxylation is 1. The molecule has 20 heavy (non-hydrogen) atoms. The Labute approximate surface area is 131 Å². The van der Waals surface area contributed by atoms with Crippen LogP contribution in [0.5, 0.6) is 0 Å². The van der Waals surface area contributed by atoms with Crippen LogP contribution in [0.25, 0.3) is 0 Å². The number of rotatable bonds is 4. The van der Waals surface area contributed by atoms with Crippen molar-refractivity contribution >= 4 is 27.5 Å². The second kappa shape index (κ2) is 6.68. The highest BCUT2D eigenvalue weighted by molar-refractivity contribution is 9.10. The molecule has 3 N–H and O–H groups in total.